The Morgan fingerprint density at radius 3 is 2.50 bits per heavy atom. The van der Waals surface area contributed by atoms with Crippen molar-refractivity contribution in [2.75, 3.05) is 7.05 Å². The van der Waals surface area contributed by atoms with Crippen LogP contribution < -0.4 is 0 Å². The minimum Gasteiger partial charge on any atom is -0.300 e. The van der Waals surface area contributed by atoms with Crippen molar-refractivity contribution < 1.29 is 0 Å². The van der Waals surface area contributed by atoms with Crippen LogP contribution in [0.5, 0.6) is 0 Å². The smallest absolute Gasteiger partial charge is 0.0124 e. The molecular formula is C9H17N. The van der Waals surface area contributed by atoms with Gasteiger partial charge in [0.15, 0.2) is 0 Å². The number of rotatable bonds is 1. The van der Waals surface area contributed by atoms with Crippen LogP contribution >= 0.6 is 0 Å². The summed E-state index contributed by atoms with van der Waals surface area (Å²) in [6.07, 6.45) is 5.82. The average Bonchev–Trinajstić information content (AvgIpc) is 2.46. The number of hydrogen-bond donors (Lipinski definition) is 0. The van der Waals surface area contributed by atoms with Crippen molar-refractivity contribution >= 4 is 0 Å². The van der Waals surface area contributed by atoms with Gasteiger partial charge in [0.05, 0.1) is 0 Å². The van der Waals surface area contributed by atoms with Gasteiger partial charge in [0.1, 0.15) is 0 Å². The maximum Gasteiger partial charge on any atom is 0.0124 e. The van der Waals surface area contributed by atoms with Gasteiger partial charge in [-0.3, -0.25) is 0 Å². The van der Waals surface area contributed by atoms with E-state index in [4.69, 9.17) is 0 Å². The summed E-state index contributed by atoms with van der Waals surface area (Å²) in [5.74, 6) is 1.03. The van der Waals surface area contributed by atoms with E-state index >= 15 is 0 Å². The van der Waals surface area contributed by atoms with Crippen LogP contribution in [0.25, 0.3) is 0 Å². The lowest BCUT2D eigenvalue weighted by Gasteiger charge is -2.19. The van der Waals surface area contributed by atoms with Crippen LogP contribution in [0, 0.1) is 5.92 Å². The molecule has 3 atom stereocenters. The molecule has 0 aromatic heterocycles. The molecule has 2 aliphatic rings. The van der Waals surface area contributed by atoms with Crippen molar-refractivity contribution in [1.29, 1.82) is 0 Å². The van der Waals surface area contributed by atoms with E-state index in [9.17, 15) is 0 Å². The lowest BCUT2D eigenvalue weighted by atomic mass is 9.87. The van der Waals surface area contributed by atoms with Gasteiger partial charge in [0, 0.05) is 12.1 Å². The topological polar surface area (TPSA) is 3.24 Å². The molecular weight excluding hydrogens is 122 g/mol. The molecule has 0 saturated carbocycles. The third-order valence-electron chi connectivity index (χ3n) is 3.54. The molecule has 2 saturated heterocycles. The van der Waals surface area contributed by atoms with Gasteiger partial charge in [-0.1, -0.05) is 13.3 Å². The Morgan fingerprint density at radius 2 is 2.20 bits per heavy atom. The first-order valence-corrected chi connectivity index (χ1v) is 4.55. The average molecular weight is 139 g/mol. The molecule has 10 heavy (non-hydrogen) atoms. The maximum absolute atomic E-state index is 2.61. The highest BCUT2D eigenvalue weighted by Crippen LogP contribution is 2.41. The molecule has 2 bridgehead atoms. The molecule has 0 unspecified atom stereocenters. The number of fused-ring (bicyclic) bond motifs is 2. The van der Waals surface area contributed by atoms with Crippen molar-refractivity contribution in [1.82, 2.24) is 4.90 Å². The standard InChI is InChI=1S/C9H17N/c1-3-7-6-8-4-5-9(7)10(8)2/h7-9H,3-6H2,1-2H3/t7-,8-,9+/m0/s1. The summed E-state index contributed by atoms with van der Waals surface area (Å²) in [4.78, 5) is 2.61. The first kappa shape index (κ1) is 6.66. The van der Waals surface area contributed by atoms with Crippen LogP contribution in [-0.2, 0) is 0 Å². The molecule has 0 aromatic rings. The first-order valence-electron chi connectivity index (χ1n) is 4.55. The van der Waals surface area contributed by atoms with Gasteiger partial charge in [-0.2, -0.15) is 0 Å². The largest absolute Gasteiger partial charge is 0.300 e. The van der Waals surface area contributed by atoms with E-state index < -0.39 is 0 Å². The normalized spacial score (nSPS) is 46.8. The highest BCUT2D eigenvalue weighted by molar-refractivity contribution is 4.97. The van der Waals surface area contributed by atoms with Crippen molar-refractivity contribution in [3.63, 3.8) is 0 Å². The van der Waals surface area contributed by atoms with Gasteiger partial charge < -0.3 is 4.90 Å². The molecule has 0 radical (unpaired) electrons. The van der Waals surface area contributed by atoms with Crippen LogP contribution in [0.4, 0.5) is 0 Å². The molecule has 0 amide bonds. The molecule has 1 nitrogen and oxygen atoms in total. The molecule has 2 rings (SSSR count). The zero-order chi connectivity index (χ0) is 7.14. The second-order valence-electron chi connectivity index (χ2n) is 3.87. The van der Waals surface area contributed by atoms with E-state index in [1.807, 2.05) is 0 Å². The summed E-state index contributed by atoms with van der Waals surface area (Å²) in [6.45, 7) is 2.33. The van der Waals surface area contributed by atoms with E-state index in [0.717, 1.165) is 18.0 Å². The maximum atomic E-state index is 2.61. The summed E-state index contributed by atoms with van der Waals surface area (Å²) in [6, 6.07) is 1.91. The Hall–Kier alpha value is -0.0400. The molecule has 0 aliphatic carbocycles. The van der Waals surface area contributed by atoms with E-state index in [1.165, 1.54) is 25.7 Å². The Kier molecular flexibility index (Phi) is 1.48. The van der Waals surface area contributed by atoms with Crippen LogP contribution in [0.3, 0.4) is 0 Å². The Labute approximate surface area is 63.4 Å². The molecule has 0 aromatic carbocycles. The van der Waals surface area contributed by atoms with E-state index in [-0.39, 0.29) is 0 Å². The van der Waals surface area contributed by atoms with Crippen molar-refractivity contribution in [3.05, 3.63) is 0 Å². The highest BCUT2D eigenvalue weighted by Gasteiger charge is 2.42. The van der Waals surface area contributed by atoms with Gasteiger partial charge in [0.25, 0.3) is 0 Å². The minimum absolute atomic E-state index is 0.954. The van der Waals surface area contributed by atoms with Crippen molar-refractivity contribution in [2.45, 2.75) is 44.7 Å². The number of nitrogens with zero attached hydrogens (tertiary/aromatic N) is 1. The summed E-state index contributed by atoms with van der Waals surface area (Å²) in [5, 5.41) is 0. The summed E-state index contributed by atoms with van der Waals surface area (Å²) < 4.78 is 0. The van der Waals surface area contributed by atoms with Crippen LogP contribution in [0.1, 0.15) is 32.6 Å². The predicted octanol–water partition coefficient (Wildman–Crippen LogP) is 1.88. The van der Waals surface area contributed by atoms with E-state index in [1.54, 1.807) is 0 Å². The summed E-state index contributed by atoms with van der Waals surface area (Å²) in [5.41, 5.74) is 0. The van der Waals surface area contributed by atoms with E-state index in [2.05, 4.69) is 18.9 Å². The highest BCUT2D eigenvalue weighted by atomic mass is 15.2. The summed E-state index contributed by atoms with van der Waals surface area (Å²) >= 11 is 0. The Morgan fingerprint density at radius 1 is 1.40 bits per heavy atom. The fraction of sp³-hybridized carbons (Fsp3) is 1.00. The van der Waals surface area contributed by atoms with Gasteiger partial charge >= 0.3 is 0 Å². The van der Waals surface area contributed by atoms with Crippen LogP contribution in [-0.4, -0.2) is 24.0 Å². The number of hydrogen-bond acceptors (Lipinski definition) is 1. The van der Waals surface area contributed by atoms with Gasteiger partial charge in [-0.15, -0.1) is 0 Å². The molecule has 2 heterocycles. The zero-order valence-electron chi connectivity index (χ0n) is 7.01. The Bertz CT molecular complexity index is 133. The second kappa shape index (κ2) is 2.23. The minimum atomic E-state index is 0.954. The van der Waals surface area contributed by atoms with Crippen LogP contribution in [0.2, 0.25) is 0 Å². The quantitative estimate of drug-likeness (QED) is 0.536. The molecule has 1 heteroatoms. The second-order valence-corrected chi connectivity index (χ2v) is 3.87. The molecule has 0 spiro atoms. The fourth-order valence-electron chi connectivity index (χ4n) is 2.84. The first-order chi connectivity index (χ1) is 4.83. The van der Waals surface area contributed by atoms with Crippen molar-refractivity contribution in [3.8, 4) is 0 Å². The van der Waals surface area contributed by atoms with Crippen LogP contribution in [0.15, 0.2) is 0 Å². The lowest BCUT2D eigenvalue weighted by Crippen LogP contribution is -2.25. The summed E-state index contributed by atoms with van der Waals surface area (Å²) in [7, 11) is 2.30. The SMILES string of the molecule is CC[C@H]1C[C@@H]2CC[C@H]1N2C. The predicted molar refractivity (Wildman–Crippen MR) is 43.0 cm³/mol. The van der Waals surface area contributed by atoms with Gasteiger partial charge in [0.2, 0.25) is 0 Å². The zero-order valence-corrected chi connectivity index (χ0v) is 7.01. The molecule has 2 aliphatic heterocycles. The molecule has 2 fully saturated rings. The lowest BCUT2D eigenvalue weighted by molar-refractivity contribution is 0.286. The third-order valence-corrected chi connectivity index (χ3v) is 3.54. The molecule has 0 N–H and O–H groups in total. The Balaban J connectivity index is 2.08. The fourth-order valence-corrected chi connectivity index (χ4v) is 2.84. The van der Waals surface area contributed by atoms with Gasteiger partial charge in [-0.25, -0.2) is 0 Å². The third kappa shape index (κ3) is 0.731. The van der Waals surface area contributed by atoms with E-state index in [0.29, 0.717) is 0 Å². The monoisotopic (exact) mass is 139 g/mol. The molecule has 58 valence electrons. The van der Waals surface area contributed by atoms with Crippen molar-refractivity contribution in [2.24, 2.45) is 5.92 Å². The van der Waals surface area contributed by atoms with Gasteiger partial charge in [-0.05, 0) is 32.2 Å².